The number of nitrogens with one attached hydrogen (secondary N) is 1. The SMILES string of the molecule is O=C(CCc1ccc2c(c1)OCO2)Nc1ccc([N+](=O)[O-])cc1. The molecule has 2 aromatic rings. The number of rotatable bonds is 5. The maximum absolute atomic E-state index is 11.9. The monoisotopic (exact) mass is 314 g/mol. The van der Waals surface area contributed by atoms with Crippen molar-refractivity contribution in [2.75, 3.05) is 12.1 Å². The summed E-state index contributed by atoms with van der Waals surface area (Å²) < 4.78 is 10.5. The molecule has 0 aromatic heterocycles. The van der Waals surface area contributed by atoms with Crippen LogP contribution in [0.1, 0.15) is 12.0 Å². The van der Waals surface area contributed by atoms with E-state index >= 15 is 0 Å². The first kappa shape index (κ1) is 14.8. The molecule has 7 heteroatoms. The van der Waals surface area contributed by atoms with Crippen molar-refractivity contribution in [1.82, 2.24) is 0 Å². The van der Waals surface area contributed by atoms with Gasteiger partial charge >= 0.3 is 0 Å². The van der Waals surface area contributed by atoms with Gasteiger partial charge in [0.2, 0.25) is 12.7 Å². The number of carbonyl (C=O) groups excluding carboxylic acids is 1. The third-order valence-corrected chi connectivity index (χ3v) is 3.44. The number of hydrogen-bond acceptors (Lipinski definition) is 5. The van der Waals surface area contributed by atoms with Gasteiger partial charge in [-0.25, -0.2) is 0 Å². The van der Waals surface area contributed by atoms with Crippen LogP contribution < -0.4 is 14.8 Å². The van der Waals surface area contributed by atoms with Crippen LogP contribution in [0.25, 0.3) is 0 Å². The Balaban J connectivity index is 1.54. The maximum Gasteiger partial charge on any atom is 0.269 e. The number of amides is 1. The second-order valence-electron chi connectivity index (χ2n) is 5.04. The van der Waals surface area contributed by atoms with Crippen LogP contribution in [0.2, 0.25) is 0 Å². The van der Waals surface area contributed by atoms with E-state index < -0.39 is 4.92 Å². The number of non-ortho nitro benzene ring substituents is 1. The summed E-state index contributed by atoms with van der Waals surface area (Å²) in [5, 5.41) is 13.3. The lowest BCUT2D eigenvalue weighted by molar-refractivity contribution is -0.384. The Bertz CT molecular complexity index is 743. The third kappa shape index (κ3) is 3.57. The summed E-state index contributed by atoms with van der Waals surface area (Å²) in [4.78, 5) is 22.0. The number of nitrogens with zero attached hydrogens (tertiary/aromatic N) is 1. The van der Waals surface area contributed by atoms with E-state index in [1.807, 2.05) is 18.2 Å². The molecule has 0 saturated heterocycles. The Labute approximate surface area is 132 Å². The number of fused-ring (bicyclic) bond motifs is 1. The van der Waals surface area contributed by atoms with E-state index in [2.05, 4.69) is 5.32 Å². The molecule has 0 fully saturated rings. The summed E-state index contributed by atoms with van der Waals surface area (Å²) in [6.45, 7) is 0.222. The van der Waals surface area contributed by atoms with E-state index in [0.717, 1.165) is 5.56 Å². The molecule has 1 aliphatic rings. The highest BCUT2D eigenvalue weighted by Gasteiger charge is 2.13. The Morgan fingerprint density at radius 1 is 1.13 bits per heavy atom. The lowest BCUT2D eigenvalue weighted by Crippen LogP contribution is -2.12. The van der Waals surface area contributed by atoms with Crippen LogP contribution in [0.5, 0.6) is 11.5 Å². The second-order valence-corrected chi connectivity index (χ2v) is 5.04. The summed E-state index contributed by atoms with van der Waals surface area (Å²) in [5.41, 5.74) is 1.50. The number of aryl methyl sites for hydroxylation is 1. The highest BCUT2D eigenvalue weighted by molar-refractivity contribution is 5.90. The fraction of sp³-hybridized carbons (Fsp3) is 0.188. The molecule has 0 aliphatic carbocycles. The quantitative estimate of drug-likeness (QED) is 0.677. The second kappa shape index (κ2) is 6.35. The molecule has 1 N–H and O–H groups in total. The van der Waals surface area contributed by atoms with E-state index in [0.29, 0.717) is 30.0 Å². The van der Waals surface area contributed by atoms with Gasteiger partial charge in [0.05, 0.1) is 4.92 Å². The summed E-state index contributed by atoms with van der Waals surface area (Å²) in [5.74, 6) is 1.25. The van der Waals surface area contributed by atoms with E-state index in [9.17, 15) is 14.9 Å². The first-order valence-corrected chi connectivity index (χ1v) is 7.04. The van der Waals surface area contributed by atoms with Crippen LogP contribution in [0, 0.1) is 10.1 Å². The third-order valence-electron chi connectivity index (χ3n) is 3.44. The van der Waals surface area contributed by atoms with Gasteiger partial charge in [0, 0.05) is 24.2 Å². The fourth-order valence-electron chi connectivity index (χ4n) is 2.24. The molecule has 1 heterocycles. The van der Waals surface area contributed by atoms with Gasteiger partial charge in [0.25, 0.3) is 5.69 Å². The number of ether oxygens (including phenoxy) is 2. The van der Waals surface area contributed by atoms with Gasteiger partial charge < -0.3 is 14.8 Å². The highest BCUT2D eigenvalue weighted by Crippen LogP contribution is 2.32. The van der Waals surface area contributed by atoms with Crippen LogP contribution in [-0.2, 0) is 11.2 Å². The minimum Gasteiger partial charge on any atom is -0.454 e. The summed E-state index contributed by atoms with van der Waals surface area (Å²) in [6.07, 6.45) is 0.867. The van der Waals surface area contributed by atoms with Gasteiger partial charge in [-0.15, -0.1) is 0 Å². The Morgan fingerprint density at radius 3 is 2.61 bits per heavy atom. The minimum absolute atomic E-state index is 0.0108. The summed E-state index contributed by atoms with van der Waals surface area (Å²) in [6, 6.07) is 11.3. The minimum atomic E-state index is -0.481. The number of hydrogen-bond donors (Lipinski definition) is 1. The average Bonchev–Trinajstić information content (AvgIpc) is 3.01. The van der Waals surface area contributed by atoms with Gasteiger partial charge in [-0.3, -0.25) is 14.9 Å². The van der Waals surface area contributed by atoms with Gasteiger partial charge in [-0.05, 0) is 36.2 Å². The van der Waals surface area contributed by atoms with Crippen molar-refractivity contribution in [2.24, 2.45) is 0 Å². The van der Waals surface area contributed by atoms with Crippen LogP contribution in [0.15, 0.2) is 42.5 Å². The largest absolute Gasteiger partial charge is 0.454 e. The van der Waals surface area contributed by atoms with Gasteiger partial charge in [0.1, 0.15) is 0 Å². The number of anilines is 1. The van der Waals surface area contributed by atoms with Crippen molar-refractivity contribution in [3.05, 3.63) is 58.1 Å². The molecule has 0 radical (unpaired) electrons. The average molecular weight is 314 g/mol. The molecule has 1 aliphatic heterocycles. The van der Waals surface area contributed by atoms with Crippen molar-refractivity contribution < 1.29 is 19.2 Å². The molecule has 2 aromatic carbocycles. The number of nitro groups is 1. The van der Waals surface area contributed by atoms with Crippen molar-refractivity contribution >= 4 is 17.3 Å². The van der Waals surface area contributed by atoms with Crippen LogP contribution >= 0.6 is 0 Å². The zero-order valence-corrected chi connectivity index (χ0v) is 12.2. The Morgan fingerprint density at radius 2 is 1.87 bits per heavy atom. The maximum atomic E-state index is 11.9. The van der Waals surface area contributed by atoms with E-state index in [1.54, 1.807) is 0 Å². The van der Waals surface area contributed by atoms with E-state index in [4.69, 9.17) is 9.47 Å². The van der Waals surface area contributed by atoms with E-state index in [-0.39, 0.29) is 18.4 Å². The van der Waals surface area contributed by atoms with Crippen LogP contribution in [0.3, 0.4) is 0 Å². The molecule has 0 atom stereocenters. The summed E-state index contributed by atoms with van der Waals surface area (Å²) >= 11 is 0. The highest BCUT2D eigenvalue weighted by atomic mass is 16.7. The number of benzene rings is 2. The molecular formula is C16H14N2O5. The van der Waals surface area contributed by atoms with Crippen molar-refractivity contribution in [1.29, 1.82) is 0 Å². The van der Waals surface area contributed by atoms with Crippen molar-refractivity contribution in [2.45, 2.75) is 12.8 Å². The smallest absolute Gasteiger partial charge is 0.269 e. The molecular weight excluding hydrogens is 300 g/mol. The zero-order chi connectivity index (χ0) is 16.2. The van der Waals surface area contributed by atoms with Crippen LogP contribution in [0.4, 0.5) is 11.4 Å². The first-order chi connectivity index (χ1) is 11.1. The lowest BCUT2D eigenvalue weighted by Gasteiger charge is -2.06. The molecule has 7 nitrogen and oxygen atoms in total. The summed E-state index contributed by atoms with van der Waals surface area (Å²) in [7, 11) is 0. The number of carbonyl (C=O) groups is 1. The molecule has 1 amide bonds. The molecule has 0 saturated carbocycles. The molecule has 3 rings (SSSR count). The normalized spacial score (nSPS) is 12.0. The molecule has 0 spiro atoms. The molecule has 0 bridgehead atoms. The fourth-order valence-corrected chi connectivity index (χ4v) is 2.24. The molecule has 0 unspecified atom stereocenters. The van der Waals surface area contributed by atoms with Gasteiger partial charge in [0.15, 0.2) is 11.5 Å². The topological polar surface area (TPSA) is 90.7 Å². The lowest BCUT2D eigenvalue weighted by atomic mass is 10.1. The molecule has 118 valence electrons. The van der Waals surface area contributed by atoms with Gasteiger partial charge in [-0.1, -0.05) is 6.07 Å². The number of nitro benzene ring substituents is 1. The predicted octanol–water partition coefficient (Wildman–Crippen LogP) is 2.89. The molecule has 23 heavy (non-hydrogen) atoms. The Kier molecular flexibility index (Phi) is 4.09. The van der Waals surface area contributed by atoms with Crippen molar-refractivity contribution in [3.8, 4) is 11.5 Å². The standard InChI is InChI=1S/C16H14N2O5/c19-16(17-12-3-5-13(6-4-12)18(20)21)8-2-11-1-7-14-15(9-11)23-10-22-14/h1,3-7,9H,2,8,10H2,(H,17,19). The predicted molar refractivity (Wildman–Crippen MR) is 82.6 cm³/mol. The Hall–Kier alpha value is -3.09. The zero-order valence-electron chi connectivity index (χ0n) is 12.2. The van der Waals surface area contributed by atoms with E-state index in [1.165, 1.54) is 24.3 Å². The van der Waals surface area contributed by atoms with Crippen molar-refractivity contribution in [3.63, 3.8) is 0 Å². The first-order valence-electron chi connectivity index (χ1n) is 7.04. The van der Waals surface area contributed by atoms with Gasteiger partial charge in [-0.2, -0.15) is 0 Å². The van der Waals surface area contributed by atoms with Crippen LogP contribution in [-0.4, -0.2) is 17.6 Å².